The van der Waals surface area contributed by atoms with Crippen molar-refractivity contribution in [3.63, 3.8) is 0 Å². The maximum atomic E-state index is 10.6. The molecular weight excluding hydrogens is 150 g/mol. The number of carbonyl (C=O) groups excluding carboxylic acids is 1. The van der Waals surface area contributed by atoms with Gasteiger partial charge >= 0.3 is 0 Å². The summed E-state index contributed by atoms with van der Waals surface area (Å²) in [5.41, 5.74) is 0. The minimum atomic E-state index is 0.157. The molecule has 1 saturated carbocycles. The normalized spacial score (nSPS) is 41.8. The lowest BCUT2D eigenvalue weighted by molar-refractivity contribution is -0.110. The highest BCUT2D eigenvalue weighted by molar-refractivity contribution is 5.57. The van der Waals surface area contributed by atoms with Crippen molar-refractivity contribution in [1.82, 2.24) is 5.32 Å². The van der Waals surface area contributed by atoms with Gasteiger partial charge in [-0.2, -0.15) is 0 Å². The van der Waals surface area contributed by atoms with Crippen LogP contribution in [0, 0.1) is 11.8 Å². The molecule has 0 aromatic heterocycles. The molecule has 1 N–H and O–H groups in total. The molecule has 1 aliphatic carbocycles. The topological polar surface area (TPSA) is 29.1 Å². The number of aldehydes is 1. The Kier molecular flexibility index (Phi) is 2.45. The van der Waals surface area contributed by atoms with Crippen LogP contribution in [-0.2, 0) is 4.79 Å². The largest absolute Gasteiger partial charge is 0.307 e. The number of rotatable bonds is 1. The first-order valence-corrected chi connectivity index (χ1v) is 5.09. The SMILES string of the molecule is O=CC1C[C@@H]2CCCC[C@@H]2CN1. The Hall–Kier alpha value is -0.370. The highest BCUT2D eigenvalue weighted by Gasteiger charge is 2.31. The molecule has 1 unspecified atom stereocenters. The van der Waals surface area contributed by atoms with Crippen LogP contribution in [0.2, 0.25) is 0 Å². The van der Waals surface area contributed by atoms with Crippen LogP contribution >= 0.6 is 0 Å². The summed E-state index contributed by atoms with van der Waals surface area (Å²) >= 11 is 0. The summed E-state index contributed by atoms with van der Waals surface area (Å²) in [6.07, 6.45) is 7.68. The number of hydrogen-bond donors (Lipinski definition) is 1. The highest BCUT2D eigenvalue weighted by atomic mass is 16.1. The zero-order chi connectivity index (χ0) is 8.39. The summed E-state index contributed by atoms with van der Waals surface area (Å²) < 4.78 is 0. The highest BCUT2D eigenvalue weighted by Crippen LogP contribution is 2.34. The molecule has 1 saturated heterocycles. The molecule has 2 rings (SSSR count). The van der Waals surface area contributed by atoms with Gasteiger partial charge in [-0.3, -0.25) is 0 Å². The van der Waals surface area contributed by atoms with Crippen molar-refractivity contribution in [1.29, 1.82) is 0 Å². The Bertz CT molecular complexity index is 169. The summed E-state index contributed by atoms with van der Waals surface area (Å²) in [6, 6.07) is 0.157. The average molecular weight is 167 g/mol. The Morgan fingerprint density at radius 1 is 1.17 bits per heavy atom. The van der Waals surface area contributed by atoms with E-state index in [1.165, 1.54) is 25.7 Å². The van der Waals surface area contributed by atoms with E-state index in [2.05, 4.69) is 5.32 Å². The standard InChI is InChI=1S/C10H17NO/c12-7-10-5-8-3-1-2-4-9(8)6-11-10/h7-11H,1-6H2/t8-,9+,10?/m0/s1. The van der Waals surface area contributed by atoms with Gasteiger partial charge in [0.05, 0.1) is 6.04 Å². The van der Waals surface area contributed by atoms with Crippen molar-refractivity contribution in [2.75, 3.05) is 6.54 Å². The fourth-order valence-electron chi connectivity index (χ4n) is 2.68. The lowest BCUT2D eigenvalue weighted by Crippen LogP contribution is -2.45. The molecule has 2 heteroatoms. The van der Waals surface area contributed by atoms with Gasteiger partial charge in [0.25, 0.3) is 0 Å². The van der Waals surface area contributed by atoms with Gasteiger partial charge in [0.1, 0.15) is 6.29 Å². The van der Waals surface area contributed by atoms with Crippen LogP contribution in [0.4, 0.5) is 0 Å². The molecule has 0 aromatic rings. The Labute approximate surface area is 73.7 Å². The maximum absolute atomic E-state index is 10.6. The number of fused-ring (bicyclic) bond motifs is 1. The lowest BCUT2D eigenvalue weighted by Gasteiger charge is -2.38. The minimum Gasteiger partial charge on any atom is -0.307 e. The molecule has 0 amide bonds. The van der Waals surface area contributed by atoms with Crippen molar-refractivity contribution in [2.45, 2.75) is 38.1 Å². The molecule has 2 aliphatic rings. The van der Waals surface area contributed by atoms with E-state index in [1.807, 2.05) is 0 Å². The first-order valence-electron chi connectivity index (χ1n) is 5.09. The predicted octanol–water partition coefficient (Wildman–Crippen LogP) is 1.35. The van der Waals surface area contributed by atoms with Gasteiger partial charge in [0.2, 0.25) is 0 Å². The molecule has 1 heterocycles. The van der Waals surface area contributed by atoms with Gasteiger partial charge in [0, 0.05) is 0 Å². The first kappa shape index (κ1) is 8.24. The summed E-state index contributed by atoms with van der Waals surface area (Å²) in [4.78, 5) is 10.6. The third kappa shape index (κ3) is 1.53. The molecule has 0 bridgehead atoms. The van der Waals surface area contributed by atoms with E-state index in [0.29, 0.717) is 0 Å². The molecule has 0 spiro atoms. The van der Waals surface area contributed by atoms with Gasteiger partial charge < -0.3 is 10.1 Å². The van der Waals surface area contributed by atoms with E-state index >= 15 is 0 Å². The van der Waals surface area contributed by atoms with Gasteiger partial charge in [-0.05, 0) is 31.2 Å². The van der Waals surface area contributed by atoms with Crippen molar-refractivity contribution in [3.8, 4) is 0 Å². The Morgan fingerprint density at radius 2 is 1.92 bits per heavy atom. The Balaban J connectivity index is 1.93. The summed E-state index contributed by atoms with van der Waals surface area (Å²) in [5.74, 6) is 1.71. The van der Waals surface area contributed by atoms with E-state index in [9.17, 15) is 4.79 Å². The second-order valence-corrected chi connectivity index (χ2v) is 4.19. The molecule has 2 nitrogen and oxygen atoms in total. The van der Waals surface area contributed by atoms with Gasteiger partial charge in [-0.25, -0.2) is 0 Å². The van der Waals surface area contributed by atoms with Crippen molar-refractivity contribution in [3.05, 3.63) is 0 Å². The Morgan fingerprint density at radius 3 is 2.67 bits per heavy atom. The van der Waals surface area contributed by atoms with Gasteiger partial charge in [-0.1, -0.05) is 19.3 Å². The third-order valence-electron chi connectivity index (χ3n) is 3.43. The minimum absolute atomic E-state index is 0.157. The molecule has 2 fully saturated rings. The van der Waals surface area contributed by atoms with Crippen LogP contribution in [0.5, 0.6) is 0 Å². The summed E-state index contributed by atoms with van der Waals surface area (Å²) in [5, 5.41) is 3.30. The molecule has 0 aromatic carbocycles. The number of carbonyl (C=O) groups is 1. The van der Waals surface area contributed by atoms with Crippen LogP contribution in [-0.4, -0.2) is 18.9 Å². The molecular formula is C10H17NO. The molecule has 0 radical (unpaired) electrons. The smallest absolute Gasteiger partial charge is 0.136 e. The van der Waals surface area contributed by atoms with Crippen LogP contribution in [0.25, 0.3) is 0 Å². The van der Waals surface area contributed by atoms with Crippen LogP contribution in [0.3, 0.4) is 0 Å². The zero-order valence-corrected chi connectivity index (χ0v) is 7.46. The number of nitrogens with one attached hydrogen (secondary N) is 1. The second-order valence-electron chi connectivity index (χ2n) is 4.19. The predicted molar refractivity (Wildman–Crippen MR) is 47.9 cm³/mol. The number of piperidine rings is 1. The molecule has 12 heavy (non-hydrogen) atoms. The van der Waals surface area contributed by atoms with E-state index in [0.717, 1.165) is 31.1 Å². The second kappa shape index (κ2) is 3.56. The van der Waals surface area contributed by atoms with Gasteiger partial charge in [0.15, 0.2) is 0 Å². The first-order chi connectivity index (χ1) is 5.90. The lowest BCUT2D eigenvalue weighted by atomic mass is 9.74. The van der Waals surface area contributed by atoms with E-state index in [1.54, 1.807) is 0 Å². The van der Waals surface area contributed by atoms with E-state index in [-0.39, 0.29) is 6.04 Å². The maximum Gasteiger partial charge on any atom is 0.136 e. The van der Waals surface area contributed by atoms with Crippen LogP contribution in [0.1, 0.15) is 32.1 Å². The van der Waals surface area contributed by atoms with Crippen LogP contribution < -0.4 is 5.32 Å². The fraction of sp³-hybridized carbons (Fsp3) is 0.900. The van der Waals surface area contributed by atoms with E-state index in [4.69, 9.17) is 0 Å². The average Bonchev–Trinajstić information content (AvgIpc) is 2.17. The summed E-state index contributed by atoms with van der Waals surface area (Å²) in [6.45, 7) is 1.08. The van der Waals surface area contributed by atoms with E-state index < -0.39 is 0 Å². The molecule has 68 valence electrons. The van der Waals surface area contributed by atoms with Crippen molar-refractivity contribution >= 4 is 6.29 Å². The summed E-state index contributed by atoms with van der Waals surface area (Å²) in [7, 11) is 0. The third-order valence-corrected chi connectivity index (χ3v) is 3.43. The molecule has 3 atom stereocenters. The fourth-order valence-corrected chi connectivity index (χ4v) is 2.68. The molecule has 1 aliphatic heterocycles. The monoisotopic (exact) mass is 167 g/mol. The quantitative estimate of drug-likeness (QED) is 0.597. The van der Waals surface area contributed by atoms with Crippen LogP contribution in [0.15, 0.2) is 0 Å². The van der Waals surface area contributed by atoms with Crippen molar-refractivity contribution < 1.29 is 4.79 Å². The number of hydrogen-bond acceptors (Lipinski definition) is 2. The van der Waals surface area contributed by atoms with Gasteiger partial charge in [-0.15, -0.1) is 0 Å². The zero-order valence-electron chi connectivity index (χ0n) is 7.46. The van der Waals surface area contributed by atoms with Crippen molar-refractivity contribution in [2.24, 2.45) is 11.8 Å².